The molecule has 0 radical (unpaired) electrons. The lowest BCUT2D eigenvalue weighted by Crippen LogP contribution is -2.32. The Kier molecular flexibility index (Phi) is 5.93. The number of H-pyrrole nitrogens is 1. The van der Waals surface area contributed by atoms with E-state index in [4.69, 9.17) is 4.42 Å². The quantitative estimate of drug-likeness (QED) is 0.636. The molecule has 148 valence electrons. The van der Waals surface area contributed by atoms with Gasteiger partial charge < -0.3 is 9.73 Å². The van der Waals surface area contributed by atoms with Crippen molar-refractivity contribution in [1.29, 1.82) is 0 Å². The van der Waals surface area contributed by atoms with E-state index in [0.717, 1.165) is 48.3 Å². The van der Waals surface area contributed by atoms with E-state index in [1.807, 2.05) is 25.3 Å². The summed E-state index contributed by atoms with van der Waals surface area (Å²) in [4.78, 5) is 2.58. The highest BCUT2D eigenvalue weighted by Crippen LogP contribution is 2.23. The average Bonchev–Trinajstić information content (AvgIpc) is 3.33. The number of nitrogens with one attached hydrogen (secondary N) is 2. The Hall–Kier alpha value is -2.37. The number of nitrogens with zero attached hydrogens (tertiary/aromatic N) is 2. The van der Waals surface area contributed by atoms with Gasteiger partial charge >= 0.3 is 0 Å². The molecule has 1 saturated heterocycles. The molecule has 1 fully saturated rings. The van der Waals surface area contributed by atoms with E-state index in [0.29, 0.717) is 0 Å². The van der Waals surface area contributed by atoms with Crippen molar-refractivity contribution in [2.24, 2.45) is 5.92 Å². The predicted octanol–water partition coefficient (Wildman–Crippen LogP) is 4.50. The first-order valence-corrected chi connectivity index (χ1v) is 10.3. The van der Waals surface area contributed by atoms with Crippen molar-refractivity contribution in [3.8, 4) is 11.5 Å². The van der Waals surface area contributed by atoms with Crippen LogP contribution in [0.25, 0.3) is 11.5 Å². The third-order valence-electron chi connectivity index (χ3n) is 5.62. The van der Waals surface area contributed by atoms with Crippen molar-refractivity contribution >= 4 is 0 Å². The fourth-order valence-electron chi connectivity index (χ4n) is 3.89. The molecule has 1 aromatic carbocycles. The summed E-state index contributed by atoms with van der Waals surface area (Å²) in [6.45, 7) is 9.41. The number of hydrogen-bond donors (Lipinski definition) is 2. The predicted molar refractivity (Wildman–Crippen MR) is 112 cm³/mol. The molecule has 0 saturated carbocycles. The fraction of sp³-hybridized carbons (Fsp3) is 0.435. The van der Waals surface area contributed by atoms with E-state index >= 15 is 0 Å². The maximum Gasteiger partial charge on any atom is 0.152 e. The molecule has 0 aliphatic carbocycles. The second kappa shape index (κ2) is 8.76. The van der Waals surface area contributed by atoms with Crippen LogP contribution in [0.2, 0.25) is 0 Å². The topological polar surface area (TPSA) is 57.1 Å². The Morgan fingerprint density at radius 1 is 1.14 bits per heavy atom. The first kappa shape index (κ1) is 19.0. The zero-order valence-corrected chi connectivity index (χ0v) is 16.9. The Morgan fingerprint density at radius 3 is 2.75 bits per heavy atom. The minimum Gasteiger partial charge on any atom is -0.460 e. The number of piperidine rings is 1. The monoisotopic (exact) mass is 378 g/mol. The van der Waals surface area contributed by atoms with Crippen molar-refractivity contribution in [3.05, 3.63) is 65.0 Å². The third kappa shape index (κ3) is 4.72. The number of aryl methyl sites for hydroxylation is 1. The zero-order chi connectivity index (χ0) is 19.3. The van der Waals surface area contributed by atoms with E-state index < -0.39 is 0 Å². The number of furan rings is 1. The molecule has 0 bridgehead atoms. The standard InChI is InChI=1S/C23H30N4O/c1-17-8-10-27(11-9-17)16-20-5-3-4-19(12-20)13-24-14-21-15-25-26-23(21)22-7-6-18(2)28-22/h3-7,12,15,17,24H,8-11,13-14,16H2,1-2H3,(H,25,26). The second-order valence-electron chi connectivity index (χ2n) is 8.06. The normalized spacial score (nSPS) is 15.9. The summed E-state index contributed by atoms with van der Waals surface area (Å²) in [5.41, 5.74) is 4.80. The molecular weight excluding hydrogens is 348 g/mol. The highest BCUT2D eigenvalue weighted by atomic mass is 16.3. The van der Waals surface area contributed by atoms with Gasteiger partial charge in [-0.3, -0.25) is 10.00 Å². The van der Waals surface area contributed by atoms with E-state index in [-0.39, 0.29) is 0 Å². The minimum atomic E-state index is 0.750. The molecule has 0 spiro atoms. The molecule has 3 aromatic rings. The Labute approximate surface area is 167 Å². The maximum absolute atomic E-state index is 5.72. The van der Waals surface area contributed by atoms with Crippen LogP contribution >= 0.6 is 0 Å². The highest BCUT2D eigenvalue weighted by Gasteiger charge is 2.15. The van der Waals surface area contributed by atoms with Crippen molar-refractivity contribution in [1.82, 2.24) is 20.4 Å². The maximum atomic E-state index is 5.72. The van der Waals surface area contributed by atoms with E-state index in [1.165, 1.54) is 37.1 Å². The molecule has 5 nitrogen and oxygen atoms in total. The average molecular weight is 379 g/mol. The lowest BCUT2D eigenvalue weighted by molar-refractivity contribution is 0.185. The van der Waals surface area contributed by atoms with Crippen LogP contribution < -0.4 is 5.32 Å². The third-order valence-corrected chi connectivity index (χ3v) is 5.62. The fourth-order valence-corrected chi connectivity index (χ4v) is 3.89. The molecule has 1 aliphatic heterocycles. The van der Waals surface area contributed by atoms with Gasteiger partial charge in [0.15, 0.2) is 5.76 Å². The molecule has 2 aromatic heterocycles. The molecule has 0 unspecified atom stereocenters. The number of likely N-dealkylation sites (tertiary alicyclic amines) is 1. The van der Waals surface area contributed by atoms with Crippen LogP contribution in [0, 0.1) is 12.8 Å². The van der Waals surface area contributed by atoms with Gasteiger partial charge in [-0.1, -0.05) is 31.2 Å². The van der Waals surface area contributed by atoms with E-state index in [1.54, 1.807) is 0 Å². The zero-order valence-electron chi connectivity index (χ0n) is 16.9. The summed E-state index contributed by atoms with van der Waals surface area (Å²) < 4.78 is 5.72. The first-order valence-electron chi connectivity index (χ1n) is 10.3. The largest absolute Gasteiger partial charge is 0.460 e. The SMILES string of the molecule is Cc1ccc(-c2[nH]ncc2CNCc2cccc(CN3CCC(C)CC3)c2)o1. The second-order valence-corrected chi connectivity index (χ2v) is 8.06. The molecule has 2 N–H and O–H groups in total. The number of aromatic nitrogens is 2. The smallest absolute Gasteiger partial charge is 0.152 e. The summed E-state index contributed by atoms with van der Waals surface area (Å²) in [7, 11) is 0. The van der Waals surface area contributed by atoms with Crippen LogP contribution in [0.5, 0.6) is 0 Å². The molecule has 1 aliphatic rings. The molecule has 28 heavy (non-hydrogen) atoms. The van der Waals surface area contributed by atoms with Crippen LogP contribution in [-0.4, -0.2) is 28.2 Å². The Morgan fingerprint density at radius 2 is 1.96 bits per heavy atom. The van der Waals surface area contributed by atoms with E-state index in [9.17, 15) is 0 Å². The van der Waals surface area contributed by atoms with Gasteiger partial charge in [0.2, 0.25) is 0 Å². The van der Waals surface area contributed by atoms with Crippen molar-refractivity contribution in [3.63, 3.8) is 0 Å². The van der Waals surface area contributed by atoms with Crippen molar-refractivity contribution < 1.29 is 4.42 Å². The van der Waals surface area contributed by atoms with Gasteiger partial charge in [-0.2, -0.15) is 5.10 Å². The Balaban J connectivity index is 1.32. The van der Waals surface area contributed by atoms with Crippen molar-refractivity contribution in [2.45, 2.75) is 46.3 Å². The van der Waals surface area contributed by atoms with Gasteiger partial charge in [0.1, 0.15) is 11.5 Å². The molecule has 5 heteroatoms. The summed E-state index contributed by atoms with van der Waals surface area (Å²) in [5.74, 6) is 2.62. The molecular formula is C23H30N4O. The number of hydrogen-bond acceptors (Lipinski definition) is 4. The lowest BCUT2D eigenvalue weighted by atomic mass is 9.98. The van der Waals surface area contributed by atoms with Gasteiger partial charge in [-0.25, -0.2) is 0 Å². The van der Waals surface area contributed by atoms with Gasteiger partial charge in [0.25, 0.3) is 0 Å². The number of aromatic amines is 1. The van der Waals surface area contributed by atoms with Crippen LogP contribution in [0.15, 0.2) is 47.0 Å². The van der Waals surface area contributed by atoms with Gasteiger partial charge in [-0.15, -0.1) is 0 Å². The van der Waals surface area contributed by atoms with Crippen LogP contribution in [-0.2, 0) is 19.6 Å². The van der Waals surface area contributed by atoms with Gasteiger partial charge in [-0.05, 0) is 62.0 Å². The van der Waals surface area contributed by atoms with Gasteiger partial charge in [0, 0.05) is 25.2 Å². The molecule has 4 rings (SSSR count). The van der Waals surface area contributed by atoms with Gasteiger partial charge in [0.05, 0.1) is 6.20 Å². The highest BCUT2D eigenvalue weighted by molar-refractivity contribution is 5.56. The van der Waals surface area contributed by atoms with Crippen LogP contribution in [0.1, 0.15) is 42.2 Å². The van der Waals surface area contributed by atoms with Crippen LogP contribution in [0.3, 0.4) is 0 Å². The number of rotatable bonds is 7. The Bertz CT molecular complexity index is 889. The summed E-state index contributed by atoms with van der Waals surface area (Å²) >= 11 is 0. The molecule has 0 amide bonds. The minimum absolute atomic E-state index is 0.750. The number of benzene rings is 1. The summed E-state index contributed by atoms with van der Waals surface area (Å²) in [6.07, 6.45) is 4.51. The van der Waals surface area contributed by atoms with E-state index in [2.05, 4.69) is 51.6 Å². The van der Waals surface area contributed by atoms with Crippen molar-refractivity contribution in [2.75, 3.05) is 13.1 Å². The summed E-state index contributed by atoms with van der Waals surface area (Å²) in [6, 6.07) is 12.9. The lowest BCUT2D eigenvalue weighted by Gasteiger charge is -2.30. The first-order chi connectivity index (χ1) is 13.7. The molecule has 0 atom stereocenters. The summed E-state index contributed by atoms with van der Waals surface area (Å²) in [5, 5.41) is 10.8. The molecule has 3 heterocycles. The van der Waals surface area contributed by atoms with Crippen LogP contribution in [0.4, 0.5) is 0 Å².